The van der Waals surface area contributed by atoms with Gasteiger partial charge in [0.05, 0.1) is 5.02 Å². The number of rotatable bonds is 4. The number of hydrogen-bond donors (Lipinski definition) is 1. The first-order valence-electron chi connectivity index (χ1n) is 5.20. The molecule has 0 radical (unpaired) electrons. The second kappa shape index (κ2) is 5.78. The molecular weight excluding hydrogens is 226 g/mol. The first-order chi connectivity index (χ1) is 7.04. The molecule has 0 bridgehead atoms. The van der Waals surface area contributed by atoms with Gasteiger partial charge in [-0.2, -0.15) is 0 Å². The van der Waals surface area contributed by atoms with E-state index in [1.807, 2.05) is 6.07 Å². The van der Waals surface area contributed by atoms with E-state index in [4.69, 9.17) is 17.3 Å². The molecule has 0 aliphatic carbocycles. The molecule has 2 N–H and O–H groups in total. The van der Waals surface area contributed by atoms with Gasteiger partial charge in [0.1, 0.15) is 0 Å². The Hall–Kier alpha value is -0.180. The van der Waals surface area contributed by atoms with Crippen LogP contribution in [0.15, 0.2) is 23.1 Å². The second-order valence-corrected chi connectivity index (χ2v) is 6.02. The molecule has 1 unspecified atom stereocenters. The molecule has 0 saturated heterocycles. The molecule has 1 rings (SSSR count). The maximum Gasteiger partial charge on any atom is 0.0544 e. The van der Waals surface area contributed by atoms with Crippen LogP contribution in [0, 0.1) is 0 Å². The lowest BCUT2D eigenvalue weighted by Gasteiger charge is -2.12. The lowest BCUT2D eigenvalue weighted by Crippen LogP contribution is -2.08. The van der Waals surface area contributed by atoms with Gasteiger partial charge in [0.2, 0.25) is 0 Å². The van der Waals surface area contributed by atoms with Gasteiger partial charge in [-0.1, -0.05) is 38.4 Å². The molecule has 3 heteroatoms. The van der Waals surface area contributed by atoms with Crippen molar-refractivity contribution in [3.05, 3.63) is 28.8 Å². The predicted octanol–water partition coefficient (Wildman–Crippen LogP) is 3.90. The highest BCUT2D eigenvalue weighted by atomic mass is 35.5. The van der Waals surface area contributed by atoms with Crippen molar-refractivity contribution < 1.29 is 0 Å². The third-order valence-corrected chi connectivity index (χ3v) is 3.75. The number of thioether (sulfide) groups is 1. The minimum Gasteiger partial charge on any atom is -0.330 e. The van der Waals surface area contributed by atoms with Crippen molar-refractivity contribution >= 4 is 23.4 Å². The molecule has 0 fully saturated rings. The molecule has 1 aromatic carbocycles. The summed E-state index contributed by atoms with van der Waals surface area (Å²) in [4.78, 5) is 1.15. The molecule has 0 aliphatic rings. The van der Waals surface area contributed by atoms with Crippen molar-refractivity contribution in [1.29, 1.82) is 0 Å². The van der Waals surface area contributed by atoms with Crippen molar-refractivity contribution in [2.24, 2.45) is 5.73 Å². The molecule has 15 heavy (non-hydrogen) atoms. The molecule has 0 spiro atoms. The second-order valence-electron chi connectivity index (χ2n) is 3.99. The molecule has 0 aromatic heterocycles. The minimum atomic E-state index is 0.376. The van der Waals surface area contributed by atoms with Crippen LogP contribution in [0.3, 0.4) is 0 Å². The Morgan fingerprint density at radius 1 is 1.33 bits per heavy atom. The van der Waals surface area contributed by atoms with Crippen LogP contribution in [-0.4, -0.2) is 11.8 Å². The fourth-order valence-corrected chi connectivity index (χ4v) is 2.46. The van der Waals surface area contributed by atoms with Crippen molar-refractivity contribution in [3.8, 4) is 0 Å². The van der Waals surface area contributed by atoms with Crippen molar-refractivity contribution in [1.82, 2.24) is 0 Å². The largest absolute Gasteiger partial charge is 0.330 e. The van der Waals surface area contributed by atoms with Gasteiger partial charge in [-0.3, -0.25) is 0 Å². The number of halogens is 1. The summed E-state index contributed by atoms with van der Waals surface area (Å²) < 4.78 is 0. The molecular formula is C12H18ClNS. The van der Waals surface area contributed by atoms with Gasteiger partial charge in [0.15, 0.2) is 0 Å². The van der Waals surface area contributed by atoms with Gasteiger partial charge in [-0.15, -0.1) is 11.8 Å². The standard InChI is InChI=1S/C12H18ClNS/c1-8(2)15-12-5-4-10(6-11(12)13)9(3)7-14/h4-6,8-9H,7,14H2,1-3H3. The summed E-state index contributed by atoms with van der Waals surface area (Å²) in [6.07, 6.45) is 0. The van der Waals surface area contributed by atoms with Crippen molar-refractivity contribution in [2.75, 3.05) is 6.54 Å². The molecule has 0 saturated carbocycles. The maximum atomic E-state index is 6.21. The smallest absolute Gasteiger partial charge is 0.0544 e. The summed E-state index contributed by atoms with van der Waals surface area (Å²) in [7, 11) is 0. The first-order valence-corrected chi connectivity index (χ1v) is 6.46. The van der Waals surface area contributed by atoms with Crippen LogP contribution in [-0.2, 0) is 0 Å². The topological polar surface area (TPSA) is 26.0 Å². The van der Waals surface area contributed by atoms with E-state index in [2.05, 4.69) is 32.9 Å². The zero-order chi connectivity index (χ0) is 11.4. The van der Waals surface area contributed by atoms with E-state index in [-0.39, 0.29) is 0 Å². The van der Waals surface area contributed by atoms with E-state index >= 15 is 0 Å². The lowest BCUT2D eigenvalue weighted by molar-refractivity contribution is 0.773. The average Bonchev–Trinajstić information content (AvgIpc) is 2.19. The average molecular weight is 244 g/mol. The normalized spacial score (nSPS) is 13.2. The summed E-state index contributed by atoms with van der Waals surface area (Å²) in [5.74, 6) is 0.376. The molecule has 0 heterocycles. The van der Waals surface area contributed by atoms with Gasteiger partial charge in [-0.25, -0.2) is 0 Å². The van der Waals surface area contributed by atoms with E-state index < -0.39 is 0 Å². The van der Waals surface area contributed by atoms with Crippen LogP contribution in [0.25, 0.3) is 0 Å². The Bertz CT molecular complexity index is 325. The number of hydrogen-bond acceptors (Lipinski definition) is 2. The highest BCUT2D eigenvalue weighted by Crippen LogP contribution is 2.32. The van der Waals surface area contributed by atoms with Crippen molar-refractivity contribution in [2.45, 2.75) is 36.8 Å². The van der Waals surface area contributed by atoms with Gasteiger partial charge < -0.3 is 5.73 Å². The van der Waals surface area contributed by atoms with E-state index in [0.717, 1.165) is 9.92 Å². The SMILES string of the molecule is CC(C)Sc1ccc(C(C)CN)cc1Cl. The van der Waals surface area contributed by atoms with E-state index in [0.29, 0.717) is 17.7 Å². The van der Waals surface area contributed by atoms with Crippen LogP contribution < -0.4 is 5.73 Å². The summed E-state index contributed by atoms with van der Waals surface area (Å²) in [5.41, 5.74) is 6.84. The van der Waals surface area contributed by atoms with Crippen LogP contribution >= 0.6 is 23.4 Å². The minimum absolute atomic E-state index is 0.376. The zero-order valence-electron chi connectivity index (χ0n) is 9.46. The number of nitrogens with two attached hydrogens (primary N) is 1. The molecule has 1 aromatic rings. The molecule has 84 valence electrons. The zero-order valence-corrected chi connectivity index (χ0v) is 11.0. The van der Waals surface area contributed by atoms with Gasteiger partial charge in [0, 0.05) is 10.1 Å². The quantitative estimate of drug-likeness (QED) is 0.812. The molecule has 1 atom stereocenters. The van der Waals surface area contributed by atoms with Crippen LogP contribution in [0.5, 0.6) is 0 Å². The summed E-state index contributed by atoms with van der Waals surface area (Å²) >= 11 is 8.00. The maximum absolute atomic E-state index is 6.21. The summed E-state index contributed by atoms with van der Waals surface area (Å²) in [6.45, 7) is 7.10. The van der Waals surface area contributed by atoms with E-state index in [1.165, 1.54) is 5.56 Å². The third-order valence-electron chi connectivity index (χ3n) is 2.24. The predicted molar refractivity (Wildman–Crippen MR) is 69.9 cm³/mol. The van der Waals surface area contributed by atoms with Crippen LogP contribution in [0.4, 0.5) is 0 Å². The van der Waals surface area contributed by atoms with Gasteiger partial charge >= 0.3 is 0 Å². The van der Waals surface area contributed by atoms with Crippen LogP contribution in [0.1, 0.15) is 32.3 Å². The Labute approximate surface area is 101 Å². The fourth-order valence-electron chi connectivity index (χ4n) is 1.31. The molecule has 1 nitrogen and oxygen atoms in total. The lowest BCUT2D eigenvalue weighted by atomic mass is 10.0. The summed E-state index contributed by atoms with van der Waals surface area (Å²) in [5, 5.41) is 1.40. The first kappa shape index (κ1) is 12.9. The van der Waals surface area contributed by atoms with Gasteiger partial charge in [0.25, 0.3) is 0 Å². The monoisotopic (exact) mass is 243 g/mol. The highest BCUT2D eigenvalue weighted by molar-refractivity contribution is 8.00. The van der Waals surface area contributed by atoms with E-state index in [1.54, 1.807) is 11.8 Å². The van der Waals surface area contributed by atoms with Crippen LogP contribution in [0.2, 0.25) is 5.02 Å². The summed E-state index contributed by atoms with van der Waals surface area (Å²) in [6, 6.07) is 6.24. The third kappa shape index (κ3) is 3.71. The van der Waals surface area contributed by atoms with Crippen molar-refractivity contribution in [3.63, 3.8) is 0 Å². The fraction of sp³-hybridized carbons (Fsp3) is 0.500. The Morgan fingerprint density at radius 2 is 2.00 bits per heavy atom. The molecule has 0 amide bonds. The molecule has 0 aliphatic heterocycles. The van der Waals surface area contributed by atoms with Gasteiger partial charge in [-0.05, 0) is 30.2 Å². The number of benzene rings is 1. The Morgan fingerprint density at radius 3 is 2.47 bits per heavy atom. The Kier molecular flexibility index (Phi) is 4.97. The van der Waals surface area contributed by atoms with E-state index in [9.17, 15) is 0 Å². The Balaban J connectivity index is 2.88. The highest BCUT2D eigenvalue weighted by Gasteiger charge is 2.08.